The van der Waals surface area contributed by atoms with Gasteiger partial charge in [0.2, 0.25) is 0 Å². The standard InChI is InChI=1S/C42H47N5O7Si/c1-27-39(55(4,5)51)38(21-22-46-25-36(44-45-46)34(26-48)29-9-7-6-8-10-29)54-42(27)35-23-33(53-3)19-20-37(35)47(41(42)50)24-28-11-15-31(16-12-28)43-40(49)30-13-17-32(52-2)18-14-30/h6-20,23,25,27,34,38-39,48,51H,21-22,24,26H2,1-5H3,(H,43,49)/t27-,34?,38+,39-,42+/m0/s1. The molecule has 3 N–H and O–H groups in total. The number of aryl methyl sites for hydroxylation is 1. The number of aliphatic hydroxyl groups is 1. The maximum absolute atomic E-state index is 14.9. The summed E-state index contributed by atoms with van der Waals surface area (Å²) < 4.78 is 19.6. The Balaban J connectivity index is 1.12. The van der Waals surface area contributed by atoms with Crippen molar-refractivity contribution in [3.63, 3.8) is 0 Å². The summed E-state index contributed by atoms with van der Waals surface area (Å²) in [6.45, 7) is 6.43. The number of amides is 2. The lowest BCUT2D eigenvalue weighted by Crippen LogP contribution is -2.46. The van der Waals surface area contributed by atoms with Crippen molar-refractivity contribution < 1.29 is 33.7 Å². The third kappa shape index (κ3) is 7.28. The summed E-state index contributed by atoms with van der Waals surface area (Å²) in [7, 11) is 0.263. The second-order valence-corrected chi connectivity index (χ2v) is 18.8. The van der Waals surface area contributed by atoms with Crippen LogP contribution in [0.2, 0.25) is 18.6 Å². The molecule has 7 rings (SSSR count). The summed E-state index contributed by atoms with van der Waals surface area (Å²) in [5.41, 5.74) is 3.43. The van der Waals surface area contributed by atoms with Gasteiger partial charge in [-0.3, -0.25) is 14.3 Å². The van der Waals surface area contributed by atoms with Crippen LogP contribution in [-0.2, 0) is 28.2 Å². The van der Waals surface area contributed by atoms with Gasteiger partial charge in [-0.15, -0.1) is 5.10 Å². The first-order chi connectivity index (χ1) is 26.5. The van der Waals surface area contributed by atoms with Crippen LogP contribution in [0.1, 0.15) is 52.0 Å². The number of hydrogen-bond donors (Lipinski definition) is 3. The Morgan fingerprint density at radius 2 is 1.67 bits per heavy atom. The molecule has 1 saturated heterocycles. The molecule has 5 atom stereocenters. The lowest BCUT2D eigenvalue weighted by Gasteiger charge is -2.32. The Morgan fingerprint density at radius 1 is 0.982 bits per heavy atom. The fourth-order valence-corrected chi connectivity index (χ4v) is 10.9. The van der Waals surface area contributed by atoms with E-state index in [1.807, 2.05) is 99.0 Å². The van der Waals surface area contributed by atoms with E-state index in [4.69, 9.17) is 14.2 Å². The molecular weight excluding hydrogens is 715 g/mol. The zero-order valence-electron chi connectivity index (χ0n) is 31.7. The van der Waals surface area contributed by atoms with Crippen molar-refractivity contribution in [2.45, 2.75) is 62.7 Å². The molecule has 5 aromatic rings. The van der Waals surface area contributed by atoms with E-state index in [1.54, 1.807) is 48.1 Å². The molecule has 2 aliphatic rings. The normalized spacial score (nSPS) is 21.1. The van der Waals surface area contributed by atoms with Gasteiger partial charge in [0.05, 0.1) is 50.8 Å². The minimum atomic E-state index is -2.91. The van der Waals surface area contributed by atoms with Gasteiger partial charge in [0.1, 0.15) is 11.5 Å². The number of anilines is 2. The molecule has 0 aliphatic carbocycles. The number of methoxy groups -OCH3 is 2. The van der Waals surface area contributed by atoms with Crippen LogP contribution in [0.5, 0.6) is 11.5 Å². The van der Waals surface area contributed by atoms with Crippen LogP contribution in [0.4, 0.5) is 11.4 Å². The zero-order chi connectivity index (χ0) is 38.9. The third-order valence-corrected chi connectivity index (χ3v) is 13.5. The minimum absolute atomic E-state index is 0.104. The molecule has 286 valence electrons. The van der Waals surface area contributed by atoms with Crippen LogP contribution >= 0.6 is 0 Å². The number of aromatic nitrogens is 3. The first-order valence-electron chi connectivity index (χ1n) is 18.5. The Labute approximate surface area is 321 Å². The topological polar surface area (TPSA) is 148 Å². The van der Waals surface area contributed by atoms with Gasteiger partial charge in [0.25, 0.3) is 11.8 Å². The lowest BCUT2D eigenvalue weighted by molar-refractivity contribution is -0.146. The number of nitrogens with one attached hydrogen (secondary N) is 1. The first-order valence-corrected chi connectivity index (χ1v) is 21.5. The number of rotatable bonds is 13. The molecule has 1 spiro atoms. The second-order valence-electron chi connectivity index (χ2n) is 14.9. The van der Waals surface area contributed by atoms with Gasteiger partial charge in [-0.1, -0.05) is 54.6 Å². The average Bonchev–Trinajstić information content (AvgIpc) is 3.85. The van der Waals surface area contributed by atoms with Crippen LogP contribution in [0.25, 0.3) is 0 Å². The summed E-state index contributed by atoms with van der Waals surface area (Å²) in [4.78, 5) is 41.3. The number of carbonyl (C=O) groups is 2. The van der Waals surface area contributed by atoms with Crippen molar-refractivity contribution in [2.75, 3.05) is 31.0 Å². The van der Waals surface area contributed by atoms with E-state index in [-0.39, 0.29) is 42.3 Å². The molecule has 1 aromatic heterocycles. The van der Waals surface area contributed by atoms with Crippen molar-refractivity contribution in [2.24, 2.45) is 5.92 Å². The molecule has 12 nitrogen and oxygen atoms in total. The van der Waals surface area contributed by atoms with Crippen LogP contribution in [0, 0.1) is 5.92 Å². The van der Waals surface area contributed by atoms with Gasteiger partial charge < -0.3 is 34.3 Å². The molecule has 0 bridgehead atoms. The smallest absolute Gasteiger partial charge is 0.264 e. The first kappa shape index (κ1) is 38.0. The van der Waals surface area contributed by atoms with Crippen LogP contribution in [0.15, 0.2) is 103 Å². The highest BCUT2D eigenvalue weighted by Gasteiger charge is 2.66. The van der Waals surface area contributed by atoms with Crippen LogP contribution in [0.3, 0.4) is 0 Å². The molecule has 4 aromatic carbocycles. The van der Waals surface area contributed by atoms with Crippen molar-refractivity contribution in [1.82, 2.24) is 15.0 Å². The minimum Gasteiger partial charge on any atom is -0.497 e. The maximum atomic E-state index is 14.9. The molecule has 55 heavy (non-hydrogen) atoms. The number of hydrogen-bond acceptors (Lipinski definition) is 9. The number of fused-ring (bicyclic) bond motifs is 2. The highest BCUT2D eigenvalue weighted by atomic mass is 28.4. The number of carbonyl (C=O) groups excluding carboxylic acids is 2. The van der Waals surface area contributed by atoms with Crippen molar-refractivity contribution in [3.8, 4) is 11.5 Å². The highest BCUT2D eigenvalue weighted by Crippen LogP contribution is 2.60. The third-order valence-electron chi connectivity index (χ3n) is 11.0. The van der Waals surface area contributed by atoms with Crippen LogP contribution < -0.4 is 19.7 Å². The van der Waals surface area contributed by atoms with Gasteiger partial charge in [0.15, 0.2) is 13.9 Å². The summed E-state index contributed by atoms with van der Waals surface area (Å²) in [5, 5.41) is 21.9. The predicted molar refractivity (Wildman–Crippen MR) is 211 cm³/mol. The maximum Gasteiger partial charge on any atom is 0.264 e. The molecule has 13 heteroatoms. The average molecular weight is 762 g/mol. The monoisotopic (exact) mass is 761 g/mol. The SMILES string of the molecule is COc1ccc(C(=O)Nc2ccc(CN3C(=O)[C@]4(O[C@H](CCn5cc(C(CO)c6ccccc6)nn5)[C@@H]([Si](C)(C)O)[C@@H]4C)c4cc(OC)ccc43)cc2)cc1. The van der Waals surface area contributed by atoms with E-state index >= 15 is 0 Å². The lowest BCUT2D eigenvalue weighted by atomic mass is 9.82. The fraction of sp³-hybridized carbons (Fsp3) is 0.333. The number of ether oxygens (including phenoxy) is 3. The molecule has 1 unspecified atom stereocenters. The Hall–Kier alpha value is -5.34. The molecule has 2 amide bonds. The van der Waals surface area contributed by atoms with Crippen molar-refractivity contribution >= 4 is 31.5 Å². The van der Waals surface area contributed by atoms with E-state index in [0.717, 1.165) is 22.4 Å². The van der Waals surface area contributed by atoms with E-state index in [0.29, 0.717) is 41.4 Å². The summed E-state index contributed by atoms with van der Waals surface area (Å²) in [5.74, 6) is 0.178. The number of benzene rings is 4. The Morgan fingerprint density at radius 3 is 2.33 bits per heavy atom. The van der Waals surface area contributed by atoms with E-state index in [2.05, 4.69) is 15.6 Å². The predicted octanol–water partition coefficient (Wildman–Crippen LogP) is 6.11. The van der Waals surface area contributed by atoms with Crippen molar-refractivity contribution in [1.29, 1.82) is 0 Å². The van der Waals surface area contributed by atoms with Crippen molar-refractivity contribution in [3.05, 3.63) is 131 Å². The van der Waals surface area contributed by atoms with Gasteiger partial charge in [-0.05, 0) is 85.2 Å². The van der Waals surface area contributed by atoms with Gasteiger partial charge in [-0.25, -0.2) is 0 Å². The molecular formula is C42H47N5O7Si. The Bertz CT molecular complexity index is 2140. The Kier molecular flexibility index (Phi) is 10.6. The van der Waals surface area contributed by atoms with Gasteiger partial charge in [0, 0.05) is 41.0 Å². The van der Waals surface area contributed by atoms with E-state index in [1.165, 1.54) is 0 Å². The zero-order valence-corrected chi connectivity index (χ0v) is 32.7. The highest BCUT2D eigenvalue weighted by molar-refractivity contribution is 6.71. The summed E-state index contributed by atoms with van der Waals surface area (Å²) >= 11 is 0. The summed E-state index contributed by atoms with van der Waals surface area (Å²) in [6, 6.07) is 29.6. The van der Waals surface area contributed by atoms with Crippen LogP contribution in [-0.4, -0.2) is 72.0 Å². The quantitative estimate of drug-likeness (QED) is 0.121. The fourth-order valence-electron chi connectivity index (χ4n) is 8.33. The molecule has 3 heterocycles. The molecule has 0 saturated carbocycles. The van der Waals surface area contributed by atoms with Gasteiger partial charge in [-0.2, -0.15) is 0 Å². The van der Waals surface area contributed by atoms with Gasteiger partial charge >= 0.3 is 0 Å². The summed E-state index contributed by atoms with van der Waals surface area (Å²) in [6.07, 6.45) is 1.88. The number of nitrogens with zero attached hydrogens (tertiary/aromatic N) is 4. The van der Waals surface area contributed by atoms with E-state index in [9.17, 15) is 19.5 Å². The van der Waals surface area contributed by atoms with E-state index < -0.39 is 20.0 Å². The molecule has 2 aliphatic heterocycles. The molecule has 0 radical (unpaired) electrons. The second kappa shape index (κ2) is 15.4. The largest absolute Gasteiger partial charge is 0.497 e. The number of aliphatic hydroxyl groups excluding tert-OH is 1. The molecule has 1 fully saturated rings.